The number of benzene rings is 2. The molecule has 2 aromatic carbocycles. The molecule has 0 fully saturated rings. The highest BCUT2D eigenvalue weighted by molar-refractivity contribution is 5.75. The molecule has 0 aliphatic heterocycles. The lowest BCUT2D eigenvalue weighted by Gasteiger charge is -2.09. The van der Waals surface area contributed by atoms with Crippen molar-refractivity contribution in [2.45, 2.75) is 6.92 Å². The standard InChI is InChI=1S/C13H12FNO/c1-8-6-9(14)2-4-11(8)12-7-10(15)3-5-13(12)16/h2-7,16H,15H2,1H3. The van der Waals surface area contributed by atoms with Gasteiger partial charge in [-0.15, -0.1) is 0 Å². The van der Waals surface area contributed by atoms with Gasteiger partial charge in [-0.2, -0.15) is 0 Å². The third-order valence-electron chi connectivity index (χ3n) is 2.50. The Bertz CT molecular complexity index is 537. The fourth-order valence-corrected chi connectivity index (χ4v) is 1.70. The number of anilines is 1. The van der Waals surface area contributed by atoms with Gasteiger partial charge in [-0.05, 0) is 48.4 Å². The summed E-state index contributed by atoms with van der Waals surface area (Å²) in [5, 5.41) is 9.73. The molecule has 0 amide bonds. The maximum Gasteiger partial charge on any atom is 0.123 e. The average molecular weight is 217 g/mol. The van der Waals surface area contributed by atoms with E-state index in [0.29, 0.717) is 11.3 Å². The van der Waals surface area contributed by atoms with Crippen molar-refractivity contribution in [3.63, 3.8) is 0 Å². The van der Waals surface area contributed by atoms with Crippen LogP contribution < -0.4 is 5.73 Å². The molecule has 2 nitrogen and oxygen atoms in total. The van der Waals surface area contributed by atoms with Crippen molar-refractivity contribution in [3.8, 4) is 16.9 Å². The molecule has 0 saturated carbocycles. The molecule has 0 bridgehead atoms. The Morgan fingerprint density at radius 2 is 1.81 bits per heavy atom. The fraction of sp³-hybridized carbons (Fsp3) is 0.0769. The van der Waals surface area contributed by atoms with Crippen molar-refractivity contribution >= 4 is 5.69 Å². The molecular formula is C13H12FNO. The minimum absolute atomic E-state index is 0.143. The average Bonchev–Trinajstić information content (AvgIpc) is 2.22. The van der Waals surface area contributed by atoms with Crippen LogP contribution in [-0.2, 0) is 0 Å². The number of nitrogen functional groups attached to an aromatic ring is 1. The first kappa shape index (κ1) is 10.5. The maximum absolute atomic E-state index is 13.0. The molecule has 2 rings (SSSR count). The predicted octanol–water partition coefficient (Wildman–Crippen LogP) is 3.09. The Morgan fingerprint density at radius 1 is 1.06 bits per heavy atom. The number of halogens is 1. The van der Waals surface area contributed by atoms with E-state index in [-0.39, 0.29) is 11.6 Å². The predicted molar refractivity (Wildman–Crippen MR) is 62.7 cm³/mol. The van der Waals surface area contributed by atoms with Gasteiger partial charge in [-0.1, -0.05) is 6.07 Å². The van der Waals surface area contributed by atoms with Crippen LogP contribution in [0.25, 0.3) is 11.1 Å². The molecule has 0 aromatic heterocycles. The van der Waals surface area contributed by atoms with Gasteiger partial charge in [-0.25, -0.2) is 4.39 Å². The quantitative estimate of drug-likeness (QED) is 0.569. The minimum atomic E-state index is -0.287. The normalized spacial score (nSPS) is 10.4. The SMILES string of the molecule is Cc1cc(F)ccc1-c1cc(N)ccc1O. The summed E-state index contributed by atoms with van der Waals surface area (Å²) in [4.78, 5) is 0. The number of aromatic hydroxyl groups is 1. The molecule has 0 saturated heterocycles. The Balaban J connectivity index is 2.62. The number of phenolic OH excluding ortho intramolecular Hbond substituents is 1. The molecule has 0 aliphatic carbocycles. The van der Waals surface area contributed by atoms with Gasteiger partial charge in [0.25, 0.3) is 0 Å². The number of nitrogens with two attached hydrogens (primary N) is 1. The van der Waals surface area contributed by atoms with Gasteiger partial charge in [0.1, 0.15) is 11.6 Å². The van der Waals surface area contributed by atoms with Crippen LogP contribution in [0.15, 0.2) is 36.4 Å². The van der Waals surface area contributed by atoms with E-state index in [1.165, 1.54) is 18.2 Å². The van der Waals surface area contributed by atoms with E-state index in [2.05, 4.69) is 0 Å². The van der Waals surface area contributed by atoms with E-state index in [1.54, 1.807) is 25.1 Å². The van der Waals surface area contributed by atoms with E-state index >= 15 is 0 Å². The van der Waals surface area contributed by atoms with E-state index in [0.717, 1.165) is 11.1 Å². The van der Waals surface area contributed by atoms with Crippen LogP contribution in [0.1, 0.15) is 5.56 Å². The summed E-state index contributed by atoms with van der Waals surface area (Å²) in [6.45, 7) is 1.79. The van der Waals surface area contributed by atoms with E-state index < -0.39 is 0 Å². The number of hydrogen-bond donors (Lipinski definition) is 2. The Labute approximate surface area is 93.2 Å². The monoisotopic (exact) mass is 217 g/mol. The number of rotatable bonds is 1. The van der Waals surface area contributed by atoms with Gasteiger partial charge in [0.15, 0.2) is 0 Å². The summed E-state index contributed by atoms with van der Waals surface area (Å²) in [6, 6.07) is 9.27. The molecule has 0 heterocycles. The van der Waals surface area contributed by atoms with Crippen molar-refractivity contribution in [3.05, 3.63) is 47.8 Å². The zero-order valence-corrected chi connectivity index (χ0v) is 8.87. The third-order valence-corrected chi connectivity index (χ3v) is 2.50. The first-order chi connectivity index (χ1) is 7.58. The van der Waals surface area contributed by atoms with Gasteiger partial charge in [0, 0.05) is 11.3 Å². The second-order valence-corrected chi connectivity index (χ2v) is 3.74. The zero-order chi connectivity index (χ0) is 11.7. The van der Waals surface area contributed by atoms with Gasteiger partial charge in [-0.3, -0.25) is 0 Å². The molecule has 0 unspecified atom stereocenters. The van der Waals surface area contributed by atoms with Crippen molar-refractivity contribution in [2.24, 2.45) is 0 Å². The highest BCUT2D eigenvalue weighted by Crippen LogP contribution is 2.33. The molecule has 16 heavy (non-hydrogen) atoms. The Morgan fingerprint density at radius 3 is 2.50 bits per heavy atom. The summed E-state index contributed by atoms with van der Waals surface area (Å²) >= 11 is 0. The van der Waals surface area contributed by atoms with Crippen LogP contribution in [-0.4, -0.2) is 5.11 Å². The highest BCUT2D eigenvalue weighted by Gasteiger charge is 2.08. The summed E-state index contributed by atoms with van der Waals surface area (Å²) in [5.41, 5.74) is 8.40. The zero-order valence-electron chi connectivity index (χ0n) is 8.87. The maximum atomic E-state index is 13.0. The Kier molecular flexibility index (Phi) is 2.52. The Hall–Kier alpha value is -2.03. The summed E-state index contributed by atoms with van der Waals surface area (Å²) in [7, 11) is 0. The van der Waals surface area contributed by atoms with Crippen LogP contribution in [0.5, 0.6) is 5.75 Å². The van der Waals surface area contributed by atoms with E-state index in [9.17, 15) is 9.50 Å². The lowest BCUT2D eigenvalue weighted by atomic mass is 9.99. The molecular weight excluding hydrogens is 205 g/mol. The van der Waals surface area contributed by atoms with Crippen molar-refractivity contribution in [1.82, 2.24) is 0 Å². The van der Waals surface area contributed by atoms with Gasteiger partial charge in [0.05, 0.1) is 0 Å². The summed E-state index contributed by atoms with van der Waals surface area (Å²) in [5.74, 6) is -0.145. The summed E-state index contributed by atoms with van der Waals surface area (Å²) < 4.78 is 13.0. The van der Waals surface area contributed by atoms with Crippen molar-refractivity contribution in [2.75, 3.05) is 5.73 Å². The van der Waals surface area contributed by atoms with Crippen LogP contribution in [0.2, 0.25) is 0 Å². The number of phenols is 1. The second-order valence-electron chi connectivity index (χ2n) is 3.74. The molecule has 3 N–H and O–H groups in total. The van der Waals surface area contributed by atoms with E-state index in [1.807, 2.05) is 0 Å². The van der Waals surface area contributed by atoms with Crippen LogP contribution >= 0.6 is 0 Å². The van der Waals surface area contributed by atoms with Crippen LogP contribution in [0.3, 0.4) is 0 Å². The molecule has 0 atom stereocenters. The van der Waals surface area contributed by atoms with Crippen molar-refractivity contribution in [1.29, 1.82) is 0 Å². The molecule has 0 spiro atoms. The van der Waals surface area contributed by atoms with Gasteiger partial charge in [0.2, 0.25) is 0 Å². The topological polar surface area (TPSA) is 46.2 Å². The van der Waals surface area contributed by atoms with Crippen molar-refractivity contribution < 1.29 is 9.50 Å². The van der Waals surface area contributed by atoms with Gasteiger partial charge >= 0.3 is 0 Å². The highest BCUT2D eigenvalue weighted by atomic mass is 19.1. The van der Waals surface area contributed by atoms with Crippen LogP contribution in [0, 0.1) is 12.7 Å². The fourth-order valence-electron chi connectivity index (χ4n) is 1.70. The molecule has 3 heteroatoms. The molecule has 82 valence electrons. The van der Waals surface area contributed by atoms with Gasteiger partial charge < -0.3 is 10.8 Å². The largest absolute Gasteiger partial charge is 0.507 e. The second kappa shape index (κ2) is 3.85. The number of hydrogen-bond acceptors (Lipinski definition) is 2. The molecule has 0 aliphatic rings. The molecule has 2 aromatic rings. The lowest BCUT2D eigenvalue weighted by molar-refractivity contribution is 0.477. The first-order valence-corrected chi connectivity index (χ1v) is 4.93. The molecule has 0 radical (unpaired) electrons. The first-order valence-electron chi connectivity index (χ1n) is 4.93. The van der Waals surface area contributed by atoms with E-state index in [4.69, 9.17) is 5.73 Å². The smallest absolute Gasteiger partial charge is 0.123 e. The van der Waals surface area contributed by atoms with Crippen LogP contribution in [0.4, 0.5) is 10.1 Å². The third kappa shape index (κ3) is 1.84. The lowest BCUT2D eigenvalue weighted by Crippen LogP contribution is -1.89. The minimum Gasteiger partial charge on any atom is -0.507 e. The number of aryl methyl sites for hydroxylation is 1. The summed E-state index contributed by atoms with van der Waals surface area (Å²) in [6.07, 6.45) is 0.